The van der Waals surface area contributed by atoms with Gasteiger partial charge in [0.15, 0.2) is 0 Å². The molecule has 35 heavy (non-hydrogen) atoms. The maximum absolute atomic E-state index is 13.1. The average Bonchev–Trinajstić information content (AvgIpc) is 3.15. The van der Waals surface area contributed by atoms with E-state index in [9.17, 15) is 19.8 Å². The predicted molar refractivity (Wildman–Crippen MR) is 133 cm³/mol. The van der Waals surface area contributed by atoms with E-state index in [1.807, 2.05) is 44.2 Å². The number of nitro groups is 1. The molecule has 0 radical (unpaired) electrons. The van der Waals surface area contributed by atoms with Gasteiger partial charge in [-0.25, -0.2) is 4.39 Å². The zero-order valence-electron chi connectivity index (χ0n) is 19.2. The number of non-ortho nitro benzene ring substituents is 1. The van der Waals surface area contributed by atoms with Crippen LogP contribution in [0.4, 0.5) is 10.1 Å². The number of halogens is 1. The van der Waals surface area contributed by atoms with Gasteiger partial charge in [0, 0.05) is 29.2 Å². The summed E-state index contributed by atoms with van der Waals surface area (Å²) in [7, 11) is 0. The van der Waals surface area contributed by atoms with Gasteiger partial charge in [0.25, 0.3) is 5.69 Å². The molecular formula is C28H22FN3O3. The molecule has 6 nitrogen and oxygen atoms in total. The Morgan fingerprint density at radius 1 is 1.09 bits per heavy atom. The van der Waals surface area contributed by atoms with Crippen molar-refractivity contribution in [3.8, 4) is 17.5 Å². The minimum atomic E-state index is -0.475. The van der Waals surface area contributed by atoms with Crippen LogP contribution in [-0.4, -0.2) is 9.49 Å². The smallest absolute Gasteiger partial charge is 0.270 e. The number of benzene rings is 3. The van der Waals surface area contributed by atoms with Gasteiger partial charge in [0.1, 0.15) is 18.2 Å². The number of hydrogen-bond acceptors (Lipinski definition) is 4. The number of aryl methyl sites for hydroxylation is 1. The summed E-state index contributed by atoms with van der Waals surface area (Å²) >= 11 is 0. The first kappa shape index (κ1) is 23.5. The van der Waals surface area contributed by atoms with Crippen molar-refractivity contribution in [2.75, 3.05) is 0 Å². The van der Waals surface area contributed by atoms with E-state index in [0.717, 1.165) is 28.2 Å². The van der Waals surface area contributed by atoms with Gasteiger partial charge in [0.05, 0.1) is 16.6 Å². The summed E-state index contributed by atoms with van der Waals surface area (Å²) in [6.07, 6.45) is 1.75. The van der Waals surface area contributed by atoms with E-state index in [1.165, 1.54) is 24.3 Å². The normalized spacial score (nSPS) is 11.2. The first-order valence-electron chi connectivity index (χ1n) is 10.9. The molecular weight excluding hydrogens is 445 g/mol. The van der Waals surface area contributed by atoms with Crippen LogP contribution in [-0.2, 0) is 6.61 Å². The van der Waals surface area contributed by atoms with E-state index in [-0.39, 0.29) is 11.5 Å². The van der Waals surface area contributed by atoms with Gasteiger partial charge in [-0.2, -0.15) is 5.26 Å². The lowest BCUT2D eigenvalue weighted by Crippen LogP contribution is -2.00. The van der Waals surface area contributed by atoms with Crippen LogP contribution in [0, 0.1) is 41.1 Å². The third kappa shape index (κ3) is 5.28. The van der Waals surface area contributed by atoms with Gasteiger partial charge in [-0.05, 0) is 79.1 Å². The number of nitriles is 1. The van der Waals surface area contributed by atoms with Crippen LogP contribution in [0.1, 0.15) is 28.1 Å². The average molecular weight is 468 g/mol. The molecule has 4 aromatic rings. The highest BCUT2D eigenvalue weighted by molar-refractivity contribution is 5.90. The first-order chi connectivity index (χ1) is 16.9. The molecule has 0 unspecified atom stereocenters. The van der Waals surface area contributed by atoms with Crippen LogP contribution in [0.2, 0.25) is 0 Å². The van der Waals surface area contributed by atoms with Crippen LogP contribution >= 0.6 is 0 Å². The van der Waals surface area contributed by atoms with Crippen molar-refractivity contribution >= 4 is 17.3 Å². The number of ether oxygens (including phenoxy) is 1. The molecule has 0 spiro atoms. The lowest BCUT2D eigenvalue weighted by atomic mass is 10.0. The lowest BCUT2D eigenvalue weighted by molar-refractivity contribution is -0.384. The van der Waals surface area contributed by atoms with Crippen LogP contribution in [0.3, 0.4) is 0 Å². The molecule has 0 N–H and O–H groups in total. The first-order valence-corrected chi connectivity index (χ1v) is 10.9. The Kier molecular flexibility index (Phi) is 6.74. The van der Waals surface area contributed by atoms with Crippen molar-refractivity contribution < 1.29 is 14.1 Å². The second-order valence-corrected chi connectivity index (χ2v) is 8.05. The Bertz CT molecular complexity index is 1450. The molecule has 0 amide bonds. The second-order valence-electron chi connectivity index (χ2n) is 8.05. The highest BCUT2D eigenvalue weighted by Gasteiger charge is 2.13. The maximum atomic E-state index is 13.1. The van der Waals surface area contributed by atoms with Crippen LogP contribution in [0.15, 0.2) is 78.9 Å². The van der Waals surface area contributed by atoms with Gasteiger partial charge < -0.3 is 9.30 Å². The van der Waals surface area contributed by atoms with Crippen molar-refractivity contribution in [3.63, 3.8) is 0 Å². The Morgan fingerprint density at radius 2 is 1.80 bits per heavy atom. The zero-order chi connectivity index (χ0) is 24.9. The van der Waals surface area contributed by atoms with Crippen LogP contribution in [0.5, 0.6) is 5.75 Å². The van der Waals surface area contributed by atoms with Crippen molar-refractivity contribution in [2.45, 2.75) is 20.5 Å². The van der Waals surface area contributed by atoms with Crippen molar-refractivity contribution in [3.05, 3.63) is 123 Å². The summed E-state index contributed by atoms with van der Waals surface area (Å²) in [6, 6.07) is 24.0. The molecule has 0 saturated carbocycles. The molecule has 7 heteroatoms. The quantitative estimate of drug-likeness (QED) is 0.170. The molecule has 174 valence electrons. The predicted octanol–water partition coefficient (Wildman–Crippen LogP) is 6.78. The summed E-state index contributed by atoms with van der Waals surface area (Å²) < 4.78 is 20.9. The largest absolute Gasteiger partial charge is 0.489 e. The number of hydrogen-bond donors (Lipinski definition) is 0. The third-order valence-electron chi connectivity index (χ3n) is 5.67. The fourth-order valence-corrected chi connectivity index (χ4v) is 3.89. The van der Waals surface area contributed by atoms with Crippen LogP contribution in [0.25, 0.3) is 17.3 Å². The lowest BCUT2D eigenvalue weighted by Gasteiger charge is -2.12. The molecule has 0 fully saturated rings. The molecule has 0 aliphatic rings. The fraction of sp³-hybridized carbons (Fsp3) is 0.107. The molecule has 0 bridgehead atoms. The zero-order valence-corrected chi connectivity index (χ0v) is 19.2. The van der Waals surface area contributed by atoms with Crippen molar-refractivity contribution in [2.24, 2.45) is 0 Å². The topological polar surface area (TPSA) is 81.1 Å². The summed E-state index contributed by atoms with van der Waals surface area (Å²) in [5, 5.41) is 20.8. The van der Waals surface area contributed by atoms with Crippen molar-refractivity contribution in [1.82, 2.24) is 4.57 Å². The van der Waals surface area contributed by atoms with Crippen LogP contribution < -0.4 is 4.74 Å². The molecule has 4 rings (SSSR count). The number of allylic oxidation sites excluding steroid dienone is 1. The summed E-state index contributed by atoms with van der Waals surface area (Å²) in [5.74, 6) is 0.412. The number of nitro benzene ring substituents is 1. The standard InChI is InChI=1S/C28H22FN3O3/c1-19-14-23(15-24(17-30)22-4-3-5-27(16-22)32(33)34)20(2)31(19)26-10-12-28(13-11-26)35-18-21-6-8-25(29)9-7-21/h3-16H,18H2,1-2H3/b24-15-. The van der Waals surface area contributed by atoms with E-state index in [4.69, 9.17) is 4.74 Å². The van der Waals surface area contributed by atoms with Gasteiger partial charge >= 0.3 is 0 Å². The summed E-state index contributed by atoms with van der Waals surface area (Å²) in [5.41, 5.74) is 5.35. The minimum absolute atomic E-state index is 0.0594. The molecule has 0 atom stereocenters. The molecule has 0 aliphatic carbocycles. The Balaban J connectivity index is 1.57. The minimum Gasteiger partial charge on any atom is -0.489 e. The molecule has 1 heterocycles. The van der Waals surface area contributed by atoms with E-state index >= 15 is 0 Å². The summed E-state index contributed by atoms with van der Waals surface area (Å²) in [6.45, 7) is 4.27. The fourth-order valence-electron chi connectivity index (χ4n) is 3.89. The summed E-state index contributed by atoms with van der Waals surface area (Å²) in [4.78, 5) is 10.6. The Labute approximate surface area is 202 Å². The SMILES string of the molecule is Cc1cc(/C=C(/C#N)c2cccc([N+](=O)[O-])c2)c(C)n1-c1ccc(OCc2ccc(F)cc2)cc1. The number of rotatable bonds is 7. The van der Waals surface area contributed by atoms with Crippen molar-refractivity contribution in [1.29, 1.82) is 5.26 Å². The Hall–Kier alpha value is -4.70. The molecule has 1 aromatic heterocycles. The Morgan fingerprint density at radius 3 is 2.46 bits per heavy atom. The van der Waals surface area contributed by atoms with Gasteiger partial charge in [-0.15, -0.1) is 0 Å². The monoisotopic (exact) mass is 467 g/mol. The highest BCUT2D eigenvalue weighted by atomic mass is 19.1. The highest BCUT2D eigenvalue weighted by Crippen LogP contribution is 2.27. The van der Waals surface area contributed by atoms with E-state index in [1.54, 1.807) is 30.3 Å². The number of nitrogens with zero attached hydrogens (tertiary/aromatic N) is 3. The van der Waals surface area contributed by atoms with Gasteiger partial charge in [-0.3, -0.25) is 10.1 Å². The van der Waals surface area contributed by atoms with Gasteiger partial charge in [0.2, 0.25) is 0 Å². The van der Waals surface area contributed by atoms with E-state index in [2.05, 4.69) is 10.6 Å². The maximum Gasteiger partial charge on any atom is 0.270 e. The molecule has 0 aliphatic heterocycles. The second kappa shape index (κ2) is 10.1. The van der Waals surface area contributed by atoms with E-state index in [0.29, 0.717) is 23.5 Å². The van der Waals surface area contributed by atoms with E-state index < -0.39 is 4.92 Å². The number of aromatic nitrogens is 1. The third-order valence-corrected chi connectivity index (χ3v) is 5.67. The molecule has 0 saturated heterocycles. The molecule has 3 aromatic carbocycles. The van der Waals surface area contributed by atoms with Gasteiger partial charge in [-0.1, -0.05) is 24.3 Å².